The Kier molecular flexibility index (Phi) is 5.66. The van der Waals surface area contributed by atoms with Gasteiger partial charge in [0.15, 0.2) is 0 Å². The first-order valence-corrected chi connectivity index (χ1v) is 7.07. The lowest BCUT2D eigenvalue weighted by Gasteiger charge is -2.23. The van der Waals surface area contributed by atoms with Gasteiger partial charge in [0.25, 0.3) is 0 Å². The van der Waals surface area contributed by atoms with Gasteiger partial charge in [-0.1, -0.05) is 34.6 Å². The fraction of sp³-hybridized carbons (Fsp3) is 0.786. The molecule has 0 aliphatic heterocycles. The molecule has 1 unspecified atom stereocenters. The topological polar surface area (TPSA) is 76.7 Å². The van der Waals surface area contributed by atoms with Crippen molar-refractivity contribution < 1.29 is 0 Å². The van der Waals surface area contributed by atoms with Crippen molar-refractivity contribution in [3.05, 3.63) is 11.4 Å². The molecule has 0 aliphatic rings. The summed E-state index contributed by atoms with van der Waals surface area (Å²) in [6, 6.07) is 0.0968. The van der Waals surface area contributed by atoms with Gasteiger partial charge in [-0.05, 0) is 24.7 Å². The van der Waals surface area contributed by atoms with Crippen LogP contribution >= 0.6 is 0 Å². The Morgan fingerprint density at radius 1 is 1.11 bits per heavy atom. The van der Waals surface area contributed by atoms with Gasteiger partial charge in [0.1, 0.15) is 0 Å². The molecule has 0 saturated carbocycles. The van der Waals surface area contributed by atoms with Crippen LogP contribution in [-0.2, 0) is 12.8 Å². The summed E-state index contributed by atoms with van der Waals surface area (Å²) in [5.41, 5.74) is 8.33. The van der Waals surface area contributed by atoms with E-state index in [4.69, 9.17) is 5.73 Å². The molecule has 0 fully saturated rings. The van der Waals surface area contributed by atoms with Crippen molar-refractivity contribution in [2.45, 2.75) is 59.9 Å². The van der Waals surface area contributed by atoms with E-state index in [9.17, 15) is 0 Å². The van der Waals surface area contributed by atoms with Gasteiger partial charge < -0.3 is 11.1 Å². The molecule has 5 heteroatoms. The third-order valence-electron chi connectivity index (χ3n) is 2.91. The Morgan fingerprint density at radius 2 is 1.74 bits per heavy atom. The zero-order valence-corrected chi connectivity index (χ0v) is 12.8. The molecule has 5 nitrogen and oxygen atoms in total. The van der Waals surface area contributed by atoms with Crippen LogP contribution in [0.5, 0.6) is 0 Å². The largest absolute Gasteiger partial charge is 0.351 e. The molecular formula is C14H27N5. The van der Waals surface area contributed by atoms with Crippen LogP contribution in [0.4, 0.5) is 5.95 Å². The van der Waals surface area contributed by atoms with E-state index >= 15 is 0 Å². The van der Waals surface area contributed by atoms with Crippen LogP contribution in [0.15, 0.2) is 0 Å². The van der Waals surface area contributed by atoms with Crippen LogP contribution < -0.4 is 11.1 Å². The van der Waals surface area contributed by atoms with Gasteiger partial charge in [-0.15, -0.1) is 5.10 Å². The molecule has 0 bridgehead atoms. The number of nitrogens with one attached hydrogen (secondary N) is 1. The minimum atomic E-state index is 0.0968. The van der Waals surface area contributed by atoms with Gasteiger partial charge in [0, 0.05) is 12.6 Å². The van der Waals surface area contributed by atoms with E-state index in [1.807, 2.05) is 0 Å². The number of rotatable bonds is 6. The van der Waals surface area contributed by atoms with E-state index in [-0.39, 0.29) is 11.5 Å². The number of aromatic nitrogens is 3. The first kappa shape index (κ1) is 15.8. The van der Waals surface area contributed by atoms with Gasteiger partial charge in [0.05, 0.1) is 11.4 Å². The van der Waals surface area contributed by atoms with Crippen molar-refractivity contribution in [3.63, 3.8) is 0 Å². The fourth-order valence-electron chi connectivity index (χ4n) is 2.09. The summed E-state index contributed by atoms with van der Waals surface area (Å²) >= 11 is 0. The summed E-state index contributed by atoms with van der Waals surface area (Å²) in [5.74, 6) is 0.582. The van der Waals surface area contributed by atoms with E-state index in [0.29, 0.717) is 12.5 Å². The van der Waals surface area contributed by atoms with Crippen molar-refractivity contribution >= 4 is 5.95 Å². The maximum absolute atomic E-state index is 6.10. The van der Waals surface area contributed by atoms with Crippen LogP contribution in [0, 0.1) is 5.41 Å². The fourth-order valence-corrected chi connectivity index (χ4v) is 2.09. The summed E-state index contributed by atoms with van der Waals surface area (Å²) in [6.07, 6.45) is 2.70. The van der Waals surface area contributed by atoms with Gasteiger partial charge in [-0.25, -0.2) is 4.98 Å². The third kappa shape index (κ3) is 5.51. The molecule has 3 N–H and O–H groups in total. The first-order valence-electron chi connectivity index (χ1n) is 7.07. The molecule has 0 saturated heterocycles. The van der Waals surface area contributed by atoms with Gasteiger partial charge in [-0.2, -0.15) is 5.10 Å². The zero-order valence-electron chi connectivity index (χ0n) is 12.8. The van der Waals surface area contributed by atoms with Crippen LogP contribution in [0.25, 0.3) is 0 Å². The third-order valence-corrected chi connectivity index (χ3v) is 2.91. The predicted octanol–water partition coefficient (Wildman–Crippen LogP) is 2.17. The molecule has 0 aromatic carbocycles. The van der Waals surface area contributed by atoms with E-state index in [2.05, 4.69) is 55.1 Å². The second kappa shape index (κ2) is 6.80. The molecule has 0 radical (unpaired) electrons. The molecule has 1 heterocycles. The van der Waals surface area contributed by atoms with Crippen LogP contribution in [0.2, 0.25) is 0 Å². The van der Waals surface area contributed by atoms with E-state index in [1.54, 1.807) is 0 Å². The minimum absolute atomic E-state index is 0.0968. The Balaban J connectivity index is 2.58. The van der Waals surface area contributed by atoms with E-state index < -0.39 is 0 Å². The van der Waals surface area contributed by atoms with Gasteiger partial charge in [0.2, 0.25) is 5.95 Å². The SMILES string of the molecule is CCc1nnc(NCC(N)CC(C)(C)C)nc1CC. The second-order valence-corrected chi connectivity index (χ2v) is 6.14. The average Bonchev–Trinajstić information content (AvgIpc) is 2.33. The summed E-state index contributed by atoms with van der Waals surface area (Å²) in [6.45, 7) is 11.4. The lowest BCUT2D eigenvalue weighted by atomic mass is 9.88. The Hall–Kier alpha value is -1.23. The zero-order chi connectivity index (χ0) is 14.5. The normalized spacial score (nSPS) is 13.4. The Morgan fingerprint density at radius 3 is 2.26 bits per heavy atom. The number of anilines is 1. The number of nitrogens with zero attached hydrogens (tertiary/aromatic N) is 3. The summed E-state index contributed by atoms with van der Waals surface area (Å²) < 4.78 is 0. The summed E-state index contributed by atoms with van der Waals surface area (Å²) in [5, 5.41) is 11.5. The average molecular weight is 265 g/mol. The summed E-state index contributed by atoms with van der Waals surface area (Å²) in [4.78, 5) is 4.49. The molecule has 108 valence electrons. The molecule has 0 aliphatic carbocycles. The maximum Gasteiger partial charge on any atom is 0.243 e. The highest BCUT2D eigenvalue weighted by molar-refractivity contribution is 5.26. The van der Waals surface area contributed by atoms with E-state index in [1.165, 1.54) is 0 Å². The van der Waals surface area contributed by atoms with E-state index in [0.717, 1.165) is 30.7 Å². The molecular weight excluding hydrogens is 238 g/mol. The second-order valence-electron chi connectivity index (χ2n) is 6.14. The Bertz CT molecular complexity index is 397. The Labute approximate surface area is 116 Å². The van der Waals surface area contributed by atoms with Crippen molar-refractivity contribution in [3.8, 4) is 0 Å². The highest BCUT2D eigenvalue weighted by atomic mass is 15.2. The maximum atomic E-state index is 6.10. The molecule has 1 aromatic heterocycles. The highest BCUT2D eigenvalue weighted by Crippen LogP contribution is 2.19. The van der Waals surface area contributed by atoms with Crippen LogP contribution in [0.3, 0.4) is 0 Å². The quantitative estimate of drug-likeness (QED) is 0.824. The monoisotopic (exact) mass is 265 g/mol. The van der Waals surface area contributed by atoms with Crippen molar-refractivity contribution in [2.75, 3.05) is 11.9 Å². The highest BCUT2D eigenvalue weighted by Gasteiger charge is 2.16. The smallest absolute Gasteiger partial charge is 0.243 e. The first-order chi connectivity index (χ1) is 8.85. The molecule has 1 aromatic rings. The number of nitrogens with two attached hydrogens (primary N) is 1. The van der Waals surface area contributed by atoms with Crippen molar-refractivity contribution in [1.82, 2.24) is 15.2 Å². The lowest BCUT2D eigenvalue weighted by Crippen LogP contribution is -2.33. The molecule has 1 atom stereocenters. The van der Waals surface area contributed by atoms with Gasteiger partial charge in [-0.3, -0.25) is 0 Å². The lowest BCUT2D eigenvalue weighted by molar-refractivity contribution is 0.344. The van der Waals surface area contributed by atoms with Crippen LogP contribution in [0.1, 0.15) is 52.4 Å². The van der Waals surface area contributed by atoms with Crippen molar-refractivity contribution in [1.29, 1.82) is 0 Å². The number of hydrogen-bond donors (Lipinski definition) is 2. The molecule has 19 heavy (non-hydrogen) atoms. The standard InChI is InChI=1S/C14H27N5/c1-6-11-12(7-2)18-19-13(17-11)16-9-10(15)8-14(3,4)5/h10H,6-9,15H2,1-5H3,(H,16,17,19). The molecule has 0 spiro atoms. The number of aryl methyl sites for hydroxylation is 2. The van der Waals surface area contributed by atoms with Crippen LogP contribution in [-0.4, -0.2) is 27.8 Å². The van der Waals surface area contributed by atoms with Crippen molar-refractivity contribution in [2.24, 2.45) is 11.1 Å². The predicted molar refractivity (Wildman–Crippen MR) is 79.1 cm³/mol. The van der Waals surface area contributed by atoms with Gasteiger partial charge >= 0.3 is 0 Å². The minimum Gasteiger partial charge on any atom is -0.351 e. The molecule has 1 rings (SSSR count). The molecule has 0 amide bonds. The summed E-state index contributed by atoms with van der Waals surface area (Å²) in [7, 11) is 0. The number of hydrogen-bond acceptors (Lipinski definition) is 5.